The Bertz CT molecular complexity index is 436. The Morgan fingerprint density at radius 2 is 1.81 bits per heavy atom. The van der Waals surface area contributed by atoms with Crippen molar-refractivity contribution in [3.05, 3.63) is 23.8 Å². The number of ether oxygens (including phenoxy) is 4. The van der Waals surface area contributed by atoms with Gasteiger partial charge in [0.2, 0.25) is 0 Å². The van der Waals surface area contributed by atoms with Gasteiger partial charge in [-0.2, -0.15) is 0 Å². The summed E-state index contributed by atoms with van der Waals surface area (Å²) in [5, 5.41) is 2.76. The van der Waals surface area contributed by atoms with Crippen molar-refractivity contribution in [2.24, 2.45) is 0 Å². The topological polar surface area (TPSA) is 66.0 Å². The molecule has 0 aliphatic carbocycles. The predicted octanol–water partition coefficient (Wildman–Crippen LogP) is 1.49. The molecule has 0 aliphatic heterocycles. The van der Waals surface area contributed by atoms with Crippen molar-refractivity contribution >= 4 is 5.91 Å². The third-order valence-corrected chi connectivity index (χ3v) is 2.77. The van der Waals surface area contributed by atoms with Crippen LogP contribution in [-0.4, -0.2) is 53.6 Å². The molecule has 0 fully saturated rings. The van der Waals surface area contributed by atoms with Crippen molar-refractivity contribution < 1.29 is 23.7 Å². The second-order valence-corrected chi connectivity index (χ2v) is 4.31. The first-order chi connectivity index (χ1) is 10.2. The van der Waals surface area contributed by atoms with E-state index in [-0.39, 0.29) is 5.91 Å². The molecule has 1 rings (SSSR count). The lowest BCUT2D eigenvalue weighted by molar-refractivity contribution is 0.0936. The average molecular weight is 297 g/mol. The smallest absolute Gasteiger partial charge is 0.251 e. The molecule has 21 heavy (non-hydrogen) atoms. The number of rotatable bonds is 10. The number of methoxy groups -OCH3 is 3. The molecule has 0 aromatic heterocycles. The SMILES string of the molecule is COCCCOc1cc(C(=O)NCCOC)ccc1OC. The first-order valence-electron chi connectivity index (χ1n) is 6.79. The normalized spacial score (nSPS) is 10.2. The van der Waals surface area contributed by atoms with E-state index in [4.69, 9.17) is 18.9 Å². The van der Waals surface area contributed by atoms with Crippen molar-refractivity contribution in [1.82, 2.24) is 5.32 Å². The number of hydrogen-bond acceptors (Lipinski definition) is 5. The maximum atomic E-state index is 12.0. The molecule has 0 bridgehead atoms. The zero-order valence-electron chi connectivity index (χ0n) is 12.8. The largest absolute Gasteiger partial charge is 0.493 e. The van der Waals surface area contributed by atoms with Gasteiger partial charge in [0.05, 0.1) is 20.3 Å². The van der Waals surface area contributed by atoms with Crippen LogP contribution in [0, 0.1) is 0 Å². The number of benzene rings is 1. The molecule has 6 nitrogen and oxygen atoms in total. The molecule has 1 aromatic rings. The van der Waals surface area contributed by atoms with Gasteiger partial charge in [0.25, 0.3) is 5.91 Å². The zero-order chi connectivity index (χ0) is 15.5. The maximum Gasteiger partial charge on any atom is 0.251 e. The highest BCUT2D eigenvalue weighted by Crippen LogP contribution is 2.28. The predicted molar refractivity (Wildman–Crippen MR) is 79.2 cm³/mol. The van der Waals surface area contributed by atoms with Gasteiger partial charge >= 0.3 is 0 Å². The van der Waals surface area contributed by atoms with Crippen molar-refractivity contribution in [1.29, 1.82) is 0 Å². The Morgan fingerprint density at radius 3 is 2.48 bits per heavy atom. The van der Waals surface area contributed by atoms with Crippen molar-refractivity contribution in [2.75, 3.05) is 47.7 Å². The van der Waals surface area contributed by atoms with E-state index >= 15 is 0 Å². The quantitative estimate of drug-likeness (QED) is 0.663. The van der Waals surface area contributed by atoms with Crippen LogP contribution in [0.25, 0.3) is 0 Å². The number of amides is 1. The standard InChI is InChI=1S/C15H23NO5/c1-18-8-4-9-21-14-11-12(5-6-13(14)20-3)15(17)16-7-10-19-2/h5-6,11H,4,7-10H2,1-3H3,(H,16,17). The number of hydrogen-bond donors (Lipinski definition) is 1. The maximum absolute atomic E-state index is 12.0. The third kappa shape index (κ3) is 6.01. The summed E-state index contributed by atoms with van der Waals surface area (Å²) in [5.74, 6) is 0.977. The minimum atomic E-state index is -0.170. The van der Waals surface area contributed by atoms with Gasteiger partial charge in [-0.05, 0) is 18.2 Å². The molecule has 0 saturated carbocycles. The molecule has 118 valence electrons. The van der Waals surface area contributed by atoms with Gasteiger partial charge in [-0.25, -0.2) is 0 Å². The van der Waals surface area contributed by atoms with E-state index in [9.17, 15) is 4.79 Å². The number of carbonyl (C=O) groups excluding carboxylic acids is 1. The van der Waals surface area contributed by atoms with E-state index < -0.39 is 0 Å². The van der Waals surface area contributed by atoms with Crippen LogP contribution in [0.4, 0.5) is 0 Å². The zero-order valence-corrected chi connectivity index (χ0v) is 12.8. The highest BCUT2D eigenvalue weighted by atomic mass is 16.5. The van der Waals surface area contributed by atoms with Crippen molar-refractivity contribution in [3.63, 3.8) is 0 Å². The minimum absolute atomic E-state index is 0.170. The lowest BCUT2D eigenvalue weighted by Gasteiger charge is -2.12. The van der Waals surface area contributed by atoms with Gasteiger partial charge in [0, 0.05) is 39.4 Å². The van der Waals surface area contributed by atoms with E-state index in [0.717, 1.165) is 6.42 Å². The molecule has 0 radical (unpaired) electrons. The van der Waals surface area contributed by atoms with E-state index in [1.54, 1.807) is 39.5 Å². The second kappa shape index (κ2) is 10.0. The van der Waals surface area contributed by atoms with Crippen LogP contribution in [0.3, 0.4) is 0 Å². The van der Waals surface area contributed by atoms with E-state index in [2.05, 4.69) is 5.32 Å². The van der Waals surface area contributed by atoms with Crippen molar-refractivity contribution in [2.45, 2.75) is 6.42 Å². The van der Waals surface area contributed by atoms with E-state index in [1.165, 1.54) is 0 Å². The molecular weight excluding hydrogens is 274 g/mol. The fraction of sp³-hybridized carbons (Fsp3) is 0.533. The summed E-state index contributed by atoms with van der Waals surface area (Å²) in [4.78, 5) is 12.0. The summed E-state index contributed by atoms with van der Waals surface area (Å²) < 4.78 is 20.7. The minimum Gasteiger partial charge on any atom is -0.493 e. The molecule has 1 aromatic carbocycles. The van der Waals surface area contributed by atoms with E-state index in [0.29, 0.717) is 43.4 Å². The molecule has 1 N–H and O–H groups in total. The van der Waals surface area contributed by atoms with Gasteiger partial charge in [0.1, 0.15) is 0 Å². The Morgan fingerprint density at radius 1 is 1.05 bits per heavy atom. The average Bonchev–Trinajstić information content (AvgIpc) is 2.51. The van der Waals surface area contributed by atoms with Crippen LogP contribution >= 0.6 is 0 Å². The molecular formula is C15H23NO5. The van der Waals surface area contributed by atoms with Crippen LogP contribution in [0.1, 0.15) is 16.8 Å². The molecule has 0 unspecified atom stereocenters. The molecule has 0 atom stereocenters. The van der Waals surface area contributed by atoms with Gasteiger partial charge in [-0.3, -0.25) is 4.79 Å². The van der Waals surface area contributed by atoms with Crippen LogP contribution in [0.2, 0.25) is 0 Å². The highest BCUT2D eigenvalue weighted by Gasteiger charge is 2.11. The highest BCUT2D eigenvalue weighted by molar-refractivity contribution is 5.94. The summed E-state index contributed by atoms with van der Waals surface area (Å²) in [6.45, 7) is 2.06. The summed E-state index contributed by atoms with van der Waals surface area (Å²) in [6, 6.07) is 5.09. The van der Waals surface area contributed by atoms with Crippen molar-refractivity contribution in [3.8, 4) is 11.5 Å². The Kier molecular flexibility index (Phi) is 8.23. The summed E-state index contributed by atoms with van der Waals surface area (Å²) in [6.07, 6.45) is 0.768. The fourth-order valence-electron chi connectivity index (χ4n) is 1.68. The van der Waals surface area contributed by atoms with Gasteiger partial charge in [0.15, 0.2) is 11.5 Å². The summed E-state index contributed by atoms with van der Waals surface area (Å²) >= 11 is 0. The summed E-state index contributed by atoms with van der Waals surface area (Å²) in [5.41, 5.74) is 0.522. The molecule has 0 aliphatic rings. The molecule has 6 heteroatoms. The van der Waals surface area contributed by atoms with Crippen LogP contribution in [0.15, 0.2) is 18.2 Å². The number of carbonyl (C=O) groups is 1. The molecule has 0 saturated heterocycles. The lowest BCUT2D eigenvalue weighted by Crippen LogP contribution is -2.26. The molecule has 0 spiro atoms. The first-order valence-corrected chi connectivity index (χ1v) is 6.79. The lowest BCUT2D eigenvalue weighted by atomic mass is 10.2. The van der Waals surface area contributed by atoms with Crippen LogP contribution in [-0.2, 0) is 9.47 Å². The van der Waals surface area contributed by atoms with Crippen LogP contribution < -0.4 is 14.8 Å². The van der Waals surface area contributed by atoms with E-state index in [1.807, 2.05) is 0 Å². The van der Waals surface area contributed by atoms with Gasteiger partial charge < -0.3 is 24.3 Å². The van der Waals surface area contributed by atoms with Crippen LogP contribution in [0.5, 0.6) is 11.5 Å². The first kappa shape index (κ1) is 17.3. The molecule has 1 amide bonds. The molecule has 0 heterocycles. The summed E-state index contributed by atoms with van der Waals surface area (Å²) in [7, 11) is 4.80. The van der Waals surface area contributed by atoms with Gasteiger partial charge in [-0.1, -0.05) is 0 Å². The Balaban J connectivity index is 2.67. The second-order valence-electron chi connectivity index (χ2n) is 4.31. The number of nitrogens with one attached hydrogen (secondary N) is 1. The Labute approximate surface area is 125 Å². The Hall–Kier alpha value is -1.79. The third-order valence-electron chi connectivity index (χ3n) is 2.77. The fourth-order valence-corrected chi connectivity index (χ4v) is 1.68. The van der Waals surface area contributed by atoms with Gasteiger partial charge in [-0.15, -0.1) is 0 Å². The monoisotopic (exact) mass is 297 g/mol.